The molecule has 6 rings (SSSR count). The highest BCUT2D eigenvalue weighted by molar-refractivity contribution is 7.99. The number of benzene rings is 3. The lowest BCUT2D eigenvalue weighted by atomic mass is 9.88. The van der Waals surface area contributed by atoms with Crippen LogP contribution in [0.15, 0.2) is 65.1 Å². The Morgan fingerprint density at radius 1 is 1.21 bits per heavy atom. The van der Waals surface area contributed by atoms with Gasteiger partial charge in [0.05, 0.1) is 12.8 Å². The van der Waals surface area contributed by atoms with Crippen LogP contribution in [0.1, 0.15) is 46.6 Å². The highest BCUT2D eigenvalue weighted by Gasteiger charge is 2.31. The van der Waals surface area contributed by atoms with Crippen molar-refractivity contribution in [1.29, 1.82) is 0 Å². The summed E-state index contributed by atoms with van der Waals surface area (Å²) in [5, 5.41) is 15.6. The molecule has 10 heteroatoms. The molecule has 0 aliphatic carbocycles. The van der Waals surface area contributed by atoms with Crippen LogP contribution in [0.2, 0.25) is 0 Å². The average Bonchev–Trinajstić information content (AvgIpc) is 3.65. The van der Waals surface area contributed by atoms with Crippen molar-refractivity contribution < 1.29 is 23.4 Å². The molecule has 0 saturated carbocycles. The summed E-state index contributed by atoms with van der Waals surface area (Å²) in [6, 6.07) is 17.8. The monoisotopic (exact) mass is 602 g/mol. The number of methoxy groups -OCH3 is 1. The van der Waals surface area contributed by atoms with Gasteiger partial charge in [-0.25, -0.2) is 4.39 Å². The normalized spacial score (nSPS) is 16.1. The Hall–Kier alpha value is -3.99. The van der Waals surface area contributed by atoms with Gasteiger partial charge in [-0.1, -0.05) is 18.0 Å². The number of nitrogens with zero attached hydrogens (tertiary/aromatic N) is 2. The quantitative estimate of drug-likeness (QED) is 0.135. The second-order valence-corrected chi connectivity index (χ2v) is 11.7. The topological polar surface area (TPSA) is 94.0 Å². The molecule has 1 fully saturated rings. The van der Waals surface area contributed by atoms with Gasteiger partial charge in [0.1, 0.15) is 34.8 Å². The molecule has 0 radical (unpaired) electrons. The molecule has 3 heterocycles. The van der Waals surface area contributed by atoms with Crippen LogP contribution in [0.4, 0.5) is 10.1 Å². The zero-order chi connectivity index (χ0) is 30.2. The number of furan rings is 1. The largest absolute Gasteiger partial charge is 0.496 e. The molecule has 2 unspecified atom stereocenters. The van der Waals surface area contributed by atoms with E-state index in [2.05, 4.69) is 20.7 Å². The van der Waals surface area contributed by atoms with Crippen molar-refractivity contribution >= 4 is 45.4 Å². The highest BCUT2D eigenvalue weighted by Crippen LogP contribution is 2.44. The van der Waals surface area contributed by atoms with Gasteiger partial charge in [-0.15, -0.1) is 0 Å². The number of carbonyl (C=O) groups excluding carboxylic acids is 1. The van der Waals surface area contributed by atoms with Crippen LogP contribution in [0.25, 0.3) is 33.2 Å². The molecule has 224 valence electrons. The van der Waals surface area contributed by atoms with Crippen molar-refractivity contribution in [2.75, 3.05) is 44.9 Å². The van der Waals surface area contributed by atoms with Crippen LogP contribution in [0, 0.1) is 5.82 Å². The second-order valence-electron chi connectivity index (χ2n) is 10.8. The fourth-order valence-electron chi connectivity index (χ4n) is 6.10. The van der Waals surface area contributed by atoms with Gasteiger partial charge in [-0.3, -0.25) is 10.1 Å². The molecule has 2 aromatic heterocycles. The predicted molar refractivity (Wildman–Crippen MR) is 170 cm³/mol. The second kappa shape index (κ2) is 11.9. The number of aromatic amines is 1. The maximum atomic E-state index is 13.8. The molecule has 3 aromatic carbocycles. The first kappa shape index (κ1) is 29.1. The number of rotatable bonds is 8. The number of aliphatic hydroxyl groups excluding tert-OH is 1. The maximum absolute atomic E-state index is 13.8. The lowest BCUT2D eigenvalue weighted by molar-refractivity contribution is 0.0702. The van der Waals surface area contributed by atoms with Crippen molar-refractivity contribution in [2.45, 2.75) is 25.0 Å². The van der Waals surface area contributed by atoms with E-state index in [9.17, 15) is 14.3 Å². The van der Waals surface area contributed by atoms with Gasteiger partial charge in [0, 0.05) is 65.8 Å². The fourth-order valence-corrected chi connectivity index (χ4v) is 6.46. The molecule has 1 aliphatic rings. The summed E-state index contributed by atoms with van der Waals surface area (Å²) in [5.41, 5.74) is 5.36. The van der Waals surface area contributed by atoms with Gasteiger partial charge in [0.25, 0.3) is 5.91 Å². The van der Waals surface area contributed by atoms with Gasteiger partial charge in [-0.05, 0) is 74.0 Å². The third-order valence-corrected chi connectivity index (χ3v) is 9.11. The third kappa shape index (κ3) is 5.35. The molecule has 0 spiro atoms. The molecule has 0 bridgehead atoms. The number of ether oxygens (including phenoxy) is 1. The van der Waals surface area contributed by atoms with Crippen LogP contribution < -0.4 is 14.4 Å². The lowest BCUT2D eigenvalue weighted by Crippen LogP contribution is -2.39. The summed E-state index contributed by atoms with van der Waals surface area (Å²) in [6.07, 6.45) is 2.79. The van der Waals surface area contributed by atoms with E-state index in [1.807, 2.05) is 48.5 Å². The zero-order valence-corrected chi connectivity index (χ0v) is 25.4. The summed E-state index contributed by atoms with van der Waals surface area (Å²) in [7, 11) is 5.31. The van der Waals surface area contributed by atoms with Gasteiger partial charge >= 0.3 is 0 Å². The van der Waals surface area contributed by atoms with E-state index < -0.39 is 6.23 Å². The number of likely N-dealkylation sites (tertiary alicyclic amines) is 1. The number of hydrogen-bond acceptors (Lipinski definition) is 7. The Kier molecular flexibility index (Phi) is 8.09. The summed E-state index contributed by atoms with van der Waals surface area (Å²) in [5.74, 6) is 0.889. The first-order valence-corrected chi connectivity index (χ1v) is 15.5. The number of amides is 1. The highest BCUT2D eigenvalue weighted by atomic mass is 32.2. The van der Waals surface area contributed by atoms with Crippen LogP contribution in [0.3, 0.4) is 0 Å². The van der Waals surface area contributed by atoms with Gasteiger partial charge in [0.15, 0.2) is 0 Å². The van der Waals surface area contributed by atoms with Crippen molar-refractivity contribution in [3.05, 3.63) is 83.3 Å². The molecule has 43 heavy (non-hydrogen) atoms. The number of fused-ring (bicyclic) bond motifs is 2. The standard InChI is InChI=1S/C33H35FN4O4S/c1-35-32(39)30-24-15-22(27(37(2)43-4)17-29(24)42-31(30)19-10-12-21(34)13-11-19)20-7-6-14-38(18-20)33(40)26-16-23-25(36-26)8-5-9-28(23)41-3/h5,8-13,15-17,20,32,35-36,39H,6-7,14,18H2,1-4H3. The summed E-state index contributed by atoms with van der Waals surface area (Å²) in [4.78, 5) is 19.0. The summed E-state index contributed by atoms with van der Waals surface area (Å²) in [6.45, 7) is 1.22. The van der Waals surface area contributed by atoms with E-state index >= 15 is 0 Å². The van der Waals surface area contributed by atoms with Crippen molar-refractivity contribution in [1.82, 2.24) is 15.2 Å². The molecule has 5 aromatic rings. The Bertz CT molecular complexity index is 1780. The SMILES string of the molecule is CNC(O)c1c(-c2ccc(F)cc2)oc2cc(N(C)SC)c(C3CCCN(C(=O)c4cc5c(OC)cccc5[nH]4)C3)cc12. The van der Waals surface area contributed by atoms with Gasteiger partial charge in [0.2, 0.25) is 0 Å². The smallest absolute Gasteiger partial charge is 0.270 e. The number of aromatic nitrogens is 1. The van der Waals surface area contributed by atoms with Crippen LogP contribution in [-0.2, 0) is 0 Å². The van der Waals surface area contributed by atoms with Crippen LogP contribution in [-0.4, -0.2) is 61.4 Å². The Morgan fingerprint density at radius 2 is 2.00 bits per heavy atom. The first-order valence-electron chi connectivity index (χ1n) is 14.3. The lowest BCUT2D eigenvalue weighted by Gasteiger charge is -2.34. The molecule has 1 aliphatic heterocycles. The third-order valence-electron chi connectivity index (χ3n) is 8.36. The Labute approximate surface area is 253 Å². The minimum absolute atomic E-state index is 0.0444. The predicted octanol–water partition coefficient (Wildman–Crippen LogP) is 6.67. The number of carbonyl (C=O) groups is 1. The van der Waals surface area contributed by atoms with Crippen LogP contribution in [0.5, 0.6) is 5.75 Å². The molecule has 3 N–H and O–H groups in total. The number of hydrogen-bond donors (Lipinski definition) is 3. The average molecular weight is 603 g/mol. The summed E-state index contributed by atoms with van der Waals surface area (Å²) < 4.78 is 27.7. The van der Waals surface area contributed by atoms with Gasteiger partial charge in [-0.2, -0.15) is 0 Å². The van der Waals surface area contributed by atoms with E-state index in [1.54, 1.807) is 38.2 Å². The summed E-state index contributed by atoms with van der Waals surface area (Å²) >= 11 is 1.59. The minimum Gasteiger partial charge on any atom is -0.496 e. The van der Waals surface area contributed by atoms with Gasteiger partial charge < -0.3 is 28.4 Å². The number of halogens is 1. The number of H-pyrrole nitrogens is 1. The molecule has 8 nitrogen and oxygen atoms in total. The van der Waals surface area contributed by atoms with E-state index in [0.29, 0.717) is 41.3 Å². The maximum Gasteiger partial charge on any atom is 0.270 e. The Morgan fingerprint density at radius 3 is 2.72 bits per heavy atom. The molecule has 1 amide bonds. The number of piperidine rings is 1. The van der Waals surface area contributed by atoms with E-state index in [-0.39, 0.29) is 17.6 Å². The molecular weight excluding hydrogens is 567 g/mol. The number of anilines is 1. The number of nitrogens with one attached hydrogen (secondary N) is 2. The first-order chi connectivity index (χ1) is 20.8. The Balaban J connectivity index is 1.41. The van der Waals surface area contributed by atoms with Crippen molar-refractivity contribution in [3.63, 3.8) is 0 Å². The number of aliphatic hydroxyl groups is 1. The zero-order valence-electron chi connectivity index (χ0n) is 24.6. The molecule has 1 saturated heterocycles. The van der Waals surface area contributed by atoms with Crippen LogP contribution >= 0.6 is 11.9 Å². The molecular formula is C33H35FN4O4S. The minimum atomic E-state index is -0.998. The fraction of sp³-hybridized carbons (Fsp3) is 0.303. The van der Waals surface area contributed by atoms with E-state index in [0.717, 1.165) is 46.1 Å². The van der Waals surface area contributed by atoms with Crippen molar-refractivity contribution in [3.8, 4) is 17.1 Å². The van der Waals surface area contributed by atoms with Crippen molar-refractivity contribution in [2.24, 2.45) is 0 Å². The van der Waals surface area contributed by atoms with E-state index in [4.69, 9.17) is 9.15 Å². The van der Waals surface area contributed by atoms with E-state index in [1.165, 1.54) is 12.1 Å². The molecule has 2 atom stereocenters.